The summed E-state index contributed by atoms with van der Waals surface area (Å²) in [5, 5.41) is 4.76. The molecule has 0 saturated carbocycles. The van der Waals surface area contributed by atoms with Gasteiger partial charge in [0.1, 0.15) is 11.2 Å². The van der Waals surface area contributed by atoms with Gasteiger partial charge in [-0.2, -0.15) is 0 Å². The number of rotatable bonds is 4. The molecule has 1 aliphatic heterocycles. The number of furan rings is 1. The molecule has 2 aromatic heterocycles. The van der Waals surface area contributed by atoms with Crippen LogP contribution in [0.25, 0.3) is 66.6 Å². The van der Waals surface area contributed by atoms with Crippen molar-refractivity contribution in [2.75, 3.05) is 0 Å². The lowest BCUT2D eigenvalue weighted by atomic mass is 9.65. The Kier molecular flexibility index (Phi) is 9.72. The molecule has 57 heavy (non-hydrogen) atoms. The third-order valence-corrected chi connectivity index (χ3v) is 12.6. The van der Waals surface area contributed by atoms with Crippen molar-refractivity contribution in [1.29, 1.82) is 0 Å². The SMILES string of the molecule is C=C/C=C(\C=C/n1c2ccccc2c2cc3c(cc21)C1(C2=C(C=CCC2)Sc2ccccc21)c1ccccc1-3)c1ccc2oc3ccccc3c2c1.CC.CCC. The van der Waals surface area contributed by atoms with Crippen molar-refractivity contribution in [1.82, 2.24) is 4.57 Å². The van der Waals surface area contributed by atoms with E-state index in [1.807, 2.05) is 43.8 Å². The molecule has 280 valence electrons. The molecule has 0 amide bonds. The summed E-state index contributed by atoms with van der Waals surface area (Å²) in [4.78, 5) is 2.74. The molecule has 1 atom stereocenters. The summed E-state index contributed by atoms with van der Waals surface area (Å²) in [7, 11) is 0. The largest absolute Gasteiger partial charge is 0.456 e. The van der Waals surface area contributed by atoms with Crippen LogP contribution < -0.4 is 0 Å². The van der Waals surface area contributed by atoms with Crippen LogP contribution in [0.3, 0.4) is 0 Å². The second-order valence-electron chi connectivity index (χ2n) is 14.7. The fourth-order valence-corrected chi connectivity index (χ4v) is 10.5. The van der Waals surface area contributed by atoms with Crippen LogP contribution in [0.1, 0.15) is 69.2 Å². The first-order valence-corrected chi connectivity index (χ1v) is 21.2. The topological polar surface area (TPSA) is 18.1 Å². The van der Waals surface area contributed by atoms with E-state index in [4.69, 9.17) is 4.42 Å². The van der Waals surface area contributed by atoms with Crippen LogP contribution in [-0.4, -0.2) is 4.57 Å². The monoisotopic (exact) mass is 757 g/mol. The molecule has 3 heteroatoms. The highest BCUT2D eigenvalue weighted by atomic mass is 32.2. The van der Waals surface area contributed by atoms with Gasteiger partial charge in [-0.05, 0) is 106 Å². The Labute approximate surface area is 340 Å². The molecule has 0 N–H and O–H groups in total. The van der Waals surface area contributed by atoms with Gasteiger partial charge in [0.15, 0.2) is 0 Å². The highest BCUT2D eigenvalue weighted by molar-refractivity contribution is 8.03. The van der Waals surface area contributed by atoms with E-state index in [2.05, 4.69) is 171 Å². The molecule has 3 aliphatic rings. The summed E-state index contributed by atoms with van der Waals surface area (Å²) in [6.07, 6.45) is 16.5. The van der Waals surface area contributed by atoms with E-state index in [0.717, 1.165) is 45.9 Å². The van der Waals surface area contributed by atoms with Gasteiger partial charge < -0.3 is 8.98 Å². The van der Waals surface area contributed by atoms with Crippen LogP contribution in [0.15, 0.2) is 184 Å². The Morgan fingerprint density at radius 2 is 1.44 bits per heavy atom. The van der Waals surface area contributed by atoms with Gasteiger partial charge in [0.25, 0.3) is 0 Å². The highest BCUT2D eigenvalue weighted by Crippen LogP contribution is 2.64. The van der Waals surface area contributed by atoms with Gasteiger partial charge in [-0.25, -0.2) is 0 Å². The number of aromatic nitrogens is 1. The first-order valence-electron chi connectivity index (χ1n) is 20.4. The number of hydrogen-bond acceptors (Lipinski definition) is 2. The average molecular weight is 758 g/mol. The Morgan fingerprint density at radius 3 is 2.28 bits per heavy atom. The molecule has 6 aromatic carbocycles. The first kappa shape index (κ1) is 36.6. The zero-order valence-electron chi connectivity index (χ0n) is 33.2. The van der Waals surface area contributed by atoms with Crippen molar-refractivity contribution in [2.24, 2.45) is 0 Å². The van der Waals surface area contributed by atoms with E-state index in [1.165, 1.54) is 71.4 Å². The highest BCUT2D eigenvalue weighted by Gasteiger charge is 2.51. The van der Waals surface area contributed by atoms with Gasteiger partial charge in [0.05, 0.1) is 16.4 Å². The molecule has 3 heterocycles. The van der Waals surface area contributed by atoms with E-state index < -0.39 is 0 Å². The fraction of sp³-hybridized carbons (Fsp3) is 0.148. The van der Waals surface area contributed by atoms with Crippen LogP contribution >= 0.6 is 11.8 Å². The van der Waals surface area contributed by atoms with Crippen molar-refractivity contribution >= 4 is 67.3 Å². The van der Waals surface area contributed by atoms with E-state index in [-0.39, 0.29) is 5.41 Å². The molecule has 2 aliphatic carbocycles. The van der Waals surface area contributed by atoms with Crippen molar-refractivity contribution in [3.8, 4) is 11.1 Å². The normalized spacial score (nSPS) is 16.7. The summed E-state index contributed by atoms with van der Waals surface area (Å²) in [6, 6.07) is 46.8. The van der Waals surface area contributed by atoms with Crippen molar-refractivity contribution in [3.63, 3.8) is 0 Å². The van der Waals surface area contributed by atoms with Crippen LogP contribution in [0, 0.1) is 0 Å². The quantitative estimate of drug-likeness (QED) is 0.166. The van der Waals surface area contributed by atoms with Crippen molar-refractivity contribution in [2.45, 2.75) is 57.3 Å². The van der Waals surface area contributed by atoms with Gasteiger partial charge in [-0.15, -0.1) is 0 Å². The third-order valence-electron chi connectivity index (χ3n) is 11.4. The molecule has 1 unspecified atom stereocenters. The zero-order chi connectivity index (χ0) is 39.1. The molecule has 2 nitrogen and oxygen atoms in total. The first-order chi connectivity index (χ1) is 28.1. The lowest BCUT2D eigenvalue weighted by Gasteiger charge is -2.42. The maximum atomic E-state index is 6.15. The Morgan fingerprint density at radius 1 is 0.719 bits per heavy atom. The van der Waals surface area contributed by atoms with Crippen LogP contribution in [0.5, 0.6) is 0 Å². The third kappa shape index (κ3) is 5.70. The minimum atomic E-state index is -0.344. The predicted octanol–water partition coefficient (Wildman–Crippen LogP) is 15.9. The second-order valence-corrected chi connectivity index (χ2v) is 15.8. The molecule has 0 fully saturated rings. The summed E-state index contributed by atoms with van der Waals surface area (Å²) in [5.74, 6) is 0. The molecule has 8 aromatic rings. The molecular weight excluding hydrogens is 711 g/mol. The number of benzene rings is 6. The number of fused-ring (bicyclic) bond motifs is 14. The number of allylic oxidation sites excluding steroid dienone is 7. The maximum Gasteiger partial charge on any atom is 0.135 e. The van der Waals surface area contributed by atoms with Crippen molar-refractivity contribution in [3.05, 3.63) is 197 Å². The summed E-state index contributed by atoms with van der Waals surface area (Å²) in [6.45, 7) is 12.3. The van der Waals surface area contributed by atoms with E-state index in [1.54, 1.807) is 0 Å². The Balaban J connectivity index is 0.000000810. The maximum absolute atomic E-state index is 6.15. The summed E-state index contributed by atoms with van der Waals surface area (Å²) in [5.41, 5.74) is 14.4. The van der Waals surface area contributed by atoms with E-state index in [0.29, 0.717) is 0 Å². The Hall–Kier alpha value is -6.03. The van der Waals surface area contributed by atoms with Crippen LogP contribution in [0.2, 0.25) is 0 Å². The molecule has 11 rings (SSSR count). The van der Waals surface area contributed by atoms with E-state index >= 15 is 0 Å². The van der Waals surface area contributed by atoms with Gasteiger partial charge in [-0.3, -0.25) is 0 Å². The lowest BCUT2D eigenvalue weighted by Crippen LogP contribution is -2.33. The predicted molar refractivity (Wildman–Crippen MR) is 247 cm³/mol. The lowest BCUT2D eigenvalue weighted by molar-refractivity contribution is 0.669. The summed E-state index contributed by atoms with van der Waals surface area (Å²) >= 11 is 1.93. The average Bonchev–Trinajstić information content (AvgIpc) is 3.89. The molecular formula is C54H47NOS. The minimum absolute atomic E-state index is 0.344. The van der Waals surface area contributed by atoms with Crippen LogP contribution in [0.4, 0.5) is 0 Å². The van der Waals surface area contributed by atoms with Gasteiger partial charge in [-0.1, -0.05) is 162 Å². The van der Waals surface area contributed by atoms with Gasteiger partial charge in [0.2, 0.25) is 0 Å². The number of nitrogens with zero attached hydrogens (tertiary/aromatic N) is 1. The number of para-hydroxylation sites is 2. The molecule has 0 bridgehead atoms. The van der Waals surface area contributed by atoms with Crippen molar-refractivity contribution < 1.29 is 4.42 Å². The molecule has 0 radical (unpaired) electrons. The smallest absolute Gasteiger partial charge is 0.135 e. The molecule has 0 saturated heterocycles. The second kappa shape index (κ2) is 15.1. The minimum Gasteiger partial charge on any atom is -0.456 e. The van der Waals surface area contributed by atoms with Gasteiger partial charge >= 0.3 is 0 Å². The number of thioether (sulfide) groups is 1. The Bertz CT molecular complexity index is 2980. The molecule has 1 spiro atoms. The van der Waals surface area contributed by atoms with Crippen LogP contribution in [-0.2, 0) is 5.41 Å². The fourth-order valence-electron chi connectivity index (χ4n) is 9.24. The van der Waals surface area contributed by atoms with Gasteiger partial charge in [0, 0.05) is 37.5 Å². The van der Waals surface area contributed by atoms with E-state index in [9.17, 15) is 0 Å². The zero-order valence-corrected chi connectivity index (χ0v) is 34.0. The number of hydrogen-bond donors (Lipinski definition) is 0. The summed E-state index contributed by atoms with van der Waals surface area (Å²) < 4.78 is 8.55. The standard InChI is InChI=1S/C49H33NOS.C3H8.C2H6/c1-2-13-31(32-24-25-46-38(28-32)35-16-5-10-21-45(35)51-46)26-27-50-43-20-9-4-15-34(43)37-29-36-33-14-3-6-17-39(33)49(42(36)30-44(37)50)40-18-7-11-22-47(40)52-48-23-12-8-19-41(48)49;1-3-2;1-2/h2-7,9-18,20-30H,1,8,19H2;3H2,1-2H3;1-2H3/b27-26-,31-13+;;.